The van der Waals surface area contributed by atoms with Crippen molar-refractivity contribution in [2.45, 2.75) is 51.7 Å². The standard InChI is InChI=1S/C25H27N3O5S/c1-16-8-10-23(21(12-16)28(30)31)33-15-18-13-17(9-11-22(18)32-2)14-20-24(29)27(25(34)26-20)19-6-4-3-5-7-19/h8-14,19H,3-7,15H2,1-2H3,(H,26,34)/b20-14+. The van der Waals surface area contributed by atoms with Gasteiger partial charge in [-0.05, 0) is 67.4 Å². The minimum Gasteiger partial charge on any atom is -0.496 e. The van der Waals surface area contributed by atoms with Gasteiger partial charge in [0.1, 0.15) is 18.1 Å². The minimum atomic E-state index is -0.460. The normalized spacial score (nSPS) is 17.7. The molecule has 1 aliphatic heterocycles. The number of thiocarbonyl (C=S) groups is 1. The Bertz CT molecular complexity index is 1160. The maximum atomic E-state index is 13.1. The van der Waals surface area contributed by atoms with E-state index in [-0.39, 0.29) is 30.0 Å². The Morgan fingerprint density at radius 3 is 2.62 bits per heavy atom. The number of methoxy groups -OCH3 is 1. The molecule has 1 saturated carbocycles. The van der Waals surface area contributed by atoms with Crippen molar-refractivity contribution in [2.75, 3.05) is 7.11 Å². The van der Waals surface area contributed by atoms with E-state index in [4.69, 9.17) is 21.7 Å². The van der Waals surface area contributed by atoms with E-state index in [1.807, 2.05) is 12.1 Å². The molecule has 1 saturated heterocycles. The van der Waals surface area contributed by atoms with Gasteiger partial charge >= 0.3 is 5.69 Å². The van der Waals surface area contributed by atoms with E-state index >= 15 is 0 Å². The predicted octanol–water partition coefficient (Wildman–Crippen LogP) is 4.88. The zero-order chi connectivity index (χ0) is 24.2. The van der Waals surface area contributed by atoms with Crippen molar-refractivity contribution in [2.24, 2.45) is 0 Å². The third kappa shape index (κ3) is 5.04. The Hall–Kier alpha value is -3.46. The van der Waals surface area contributed by atoms with Crippen LogP contribution in [0.4, 0.5) is 5.69 Å². The first-order valence-electron chi connectivity index (χ1n) is 11.3. The molecule has 4 rings (SSSR count). The van der Waals surface area contributed by atoms with Crippen LogP contribution in [0, 0.1) is 17.0 Å². The van der Waals surface area contributed by atoms with Gasteiger partial charge in [-0.1, -0.05) is 31.4 Å². The zero-order valence-electron chi connectivity index (χ0n) is 19.2. The fourth-order valence-corrected chi connectivity index (χ4v) is 4.78. The van der Waals surface area contributed by atoms with Crippen molar-refractivity contribution in [3.63, 3.8) is 0 Å². The van der Waals surface area contributed by atoms with Crippen LogP contribution in [-0.4, -0.2) is 34.0 Å². The highest BCUT2D eigenvalue weighted by Crippen LogP contribution is 2.31. The number of rotatable bonds is 7. The van der Waals surface area contributed by atoms with Gasteiger partial charge in [-0.25, -0.2) is 0 Å². The summed E-state index contributed by atoms with van der Waals surface area (Å²) in [6.45, 7) is 1.86. The second-order valence-corrected chi connectivity index (χ2v) is 8.93. The van der Waals surface area contributed by atoms with E-state index in [2.05, 4.69) is 5.32 Å². The largest absolute Gasteiger partial charge is 0.496 e. The Morgan fingerprint density at radius 1 is 1.18 bits per heavy atom. The number of carbonyl (C=O) groups excluding carboxylic acids is 1. The van der Waals surface area contributed by atoms with Crippen molar-refractivity contribution >= 4 is 35.0 Å². The Balaban J connectivity index is 1.55. The molecule has 1 aliphatic carbocycles. The summed E-state index contributed by atoms with van der Waals surface area (Å²) in [5, 5.41) is 14.9. The Labute approximate surface area is 203 Å². The van der Waals surface area contributed by atoms with E-state index < -0.39 is 4.92 Å². The molecule has 2 aromatic rings. The molecule has 8 nitrogen and oxygen atoms in total. The summed E-state index contributed by atoms with van der Waals surface area (Å²) in [6, 6.07) is 10.4. The molecule has 9 heteroatoms. The molecule has 0 aromatic heterocycles. The van der Waals surface area contributed by atoms with Gasteiger partial charge in [0.05, 0.1) is 12.0 Å². The number of ether oxygens (including phenoxy) is 2. The summed E-state index contributed by atoms with van der Waals surface area (Å²) in [5.74, 6) is 0.658. The van der Waals surface area contributed by atoms with Gasteiger partial charge in [-0.15, -0.1) is 0 Å². The van der Waals surface area contributed by atoms with Gasteiger partial charge in [-0.3, -0.25) is 19.8 Å². The van der Waals surface area contributed by atoms with E-state index in [9.17, 15) is 14.9 Å². The van der Waals surface area contributed by atoms with Gasteiger partial charge in [0.25, 0.3) is 5.91 Å². The molecule has 178 valence electrons. The van der Waals surface area contributed by atoms with E-state index in [0.29, 0.717) is 22.1 Å². The van der Waals surface area contributed by atoms with Crippen molar-refractivity contribution in [1.82, 2.24) is 10.2 Å². The minimum absolute atomic E-state index is 0.0675. The highest BCUT2D eigenvalue weighted by atomic mass is 32.1. The van der Waals surface area contributed by atoms with E-state index in [1.165, 1.54) is 12.5 Å². The lowest BCUT2D eigenvalue weighted by atomic mass is 9.94. The number of nitrogens with zero attached hydrogens (tertiary/aromatic N) is 2. The smallest absolute Gasteiger partial charge is 0.311 e. The molecule has 34 heavy (non-hydrogen) atoms. The predicted molar refractivity (Wildman–Crippen MR) is 133 cm³/mol. The first kappa shape index (κ1) is 23.7. The highest BCUT2D eigenvalue weighted by Gasteiger charge is 2.36. The van der Waals surface area contributed by atoms with Gasteiger partial charge in [0.2, 0.25) is 0 Å². The third-order valence-electron chi connectivity index (χ3n) is 6.16. The van der Waals surface area contributed by atoms with Crippen LogP contribution in [-0.2, 0) is 11.4 Å². The van der Waals surface area contributed by atoms with Crippen molar-refractivity contribution < 1.29 is 19.2 Å². The van der Waals surface area contributed by atoms with Crippen LogP contribution in [0.15, 0.2) is 42.1 Å². The zero-order valence-corrected chi connectivity index (χ0v) is 20.0. The number of nitro benzene ring substituents is 1. The number of amides is 1. The van der Waals surface area contributed by atoms with E-state index in [1.54, 1.807) is 43.2 Å². The van der Waals surface area contributed by atoms with Crippen molar-refractivity contribution in [1.29, 1.82) is 0 Å². The Kier molecular flexibility index (Phi) is 7.12. The first-order valence-corrected chi connectivity index (χ1v) is 11.7. The molecule has 2 aliphatic rings. The molecule has 2 fully saturated rings. The number of aryl methyl sites for hydroxylation is 1. The number of hydrogen-bond donors (Lipinski definition) is 1. The molecular weight excluding hydrogens is 454 g/mol. The van der Waals surface area contributed by atoms with Crippen LogP contribution in [0.5, 0.6) is 11.5 Å². The maximum Gasteiger partial charge on any atom is 0.311 e. The number of nitro groups is 1. The lowest BCUT2D eigenvalue weighted by Crippen LogP contribution is -2.41. The molecule has 0 radical (unpaired) electrons. The fourth-order valence-electron chi connectivity index (χ4n) is 4.43. The van der Waals surface area contributed by atoms with Gasteiger partial charge in [0, 0.05) is 17.7 Å². The average molecular weight is 482 g/mol. The topological polar surface area (TPSA) is 93.9 Å². The lowest BCUT2D eigenvalue weighted by molar-refractivity contribution is -0.386. The molecule has 0 unspecified atom stereocenters. The molecule has 1 heterocycles. The average Bonchev–Trinajstić information content (AvgIpc) is 3.11. The van der Waals surface area contributed by atoms with Crippen LogP contribution >= 0.6 is 12.2 Å². The van der Waals surface area contributed by atoms with Crippen molar-refractivity contribution in [3.8, 4) is 11.5 Å². The van der Waals surface area contributed by atoms with Crippen LogP contribution in [0.2, 0.25) is 0 Å². The Morgan fingerprint density at radius 2 is 1.91 bits per heavy atom. The second kappa shape index (κ2) is 10.2. The van der Waals surface area contributed by atoms with Crippen LogP contribution in [0.25, 0.3) is 6.08 Å². The number of benzene rings is 2. The number of nitrogens with one attached hydrogen (secondary N) is 1. The highest BCUT2D eigenvalue weighted by molar-refractivity contribution is 7.80. The number of carbonyl (C=O) groups is 1. The summed E-state index contributed by atoms with van der Waals surface area (Å²) in [4.78, 5) is 25.7. The maximum absolute atomic E-state index is 13.1. The van der Waals surface area contributed by atoms with Crippen molar-refractivity contribution in [3.05, 3.63) is 68.9 Å². The first-order chi connectivity index (χ1) is 16.4. The third-order valence-corrected chi connectivity index (χ3v) is 6.46. The fraction of sp³-hybridized carbons (Fsp3) is 0.360. The molecule has 0 spiro atoms. The summed E-state index contributed by atoms with van der Waals surface area (Å²) < 4.78 is 11.2. The summed E-state index contributed by atoms with van der Waals surface area (Å²) in [5.41, 5.74) is 2.58. The van der Waals surface area contributed by atoms with Gasteiger partial charge < -0.3 is 14.8 Å². The van der Waals surface area contributed by atoms with Gasteiger partial charge in [0.15, 0.2) is 10.9 Å². The number of hydrogen-bond acceptors (Lipinski definition) is 6. The summed E-state index contributed by atoms with van der Waals surface area (Å²) >= 11 is 5.45. The van der Waals surface area contributed by atoms with E-state index in [0.717, 1.165) is 36.8 Å². The molecule has 0 bridgehead atoms. The summed E-state index contributed by atoms with van der Waals surface area (Å²) in [6.07, 6.45) is 7.11. The molecule has 1 amide bonds. The quantitative estimate of drug-likeness (QED) is 0.261. The van der Waals surface area contributed by atoms with Gasteiger partial charge in [-0.2, -0.15) is 0 Å². The molecule has 1 N–H and O–H groups in total. The van der Waals surface area contributed by atoms with Crippen LogP contribution in [0.3, 0.4) is 0 Å². The monoisotopic (exact) mass is 481 g/mol. The summed E-state index contributed by atoms with van der Waals surface area (Å²) in [7, 11) is 1.55. The van der Waals surface area contributed by atoms with Crippen LogP contribution < -0.4 is 14.8 Å². The molecule has 0 atom stereocenters. The molecular formula is C25H27N3O5S. The SMILES string of the molecule is COc1ccc(/C=C2/NC(=S)N(C3CCCCC3)C2=O)cc1COc1ccc(C)cc1[N+](=O)[O-]. The second-order valence-electron chi connectivity index (χ2n) is 8.54. The molecule has 2 aromatic carbocycles. The lowest BCUT2D eigenvalue weighted by Gasteiger charge is -2.29. The van der Waals surface area contributed by atoms with Crippen LogP contribution in [0.1, 0.15) is 48.8 Å².